The Hall–Kier alpha value is -0.850. The van der Waals surface area contributed by atoms with Crippen molar-refractivity contribution in [2.45, 2.75) is 58.3 Å². The Labute approximate surface area is 116 Å². The summed E-state index contributed by atoms with van der Waals surface area (Å²) in [6, 6.07) is -1.50. The first kappa shape index (κ1) is 9.12. The van der Waals surface area contributed by atoms with E-state index in [1.165, 1.54) is 38.5 Å². The van der Waals surface area contributed by atoms with E-state index < -0.39 is 17.9 Å². The maximum Gasteiger partial charge on any atom is 0.123 e. The molecule has 1 aromatic carbocycles. The third-order valence-corrected chi connectivity index (χ3v) is 4.11. The van der Waals surface area contributed by atoms with Crippen LogP contribution in [0.3, 0.4) is 0 Å². The van der Waals surface area contributed by atoms with Gasteiger partial charge in [0.2, 0.25) is 0 Å². The summed E-state index contributed by atoms with van der Waals surface area (Å²) in [6.45, 7) is 2.23. The zero-order valence-electron chi connectivity index (χ0n) is 15.2. The molecule has 1 heteroatoms. The Morgan fingerprint density at radius 2 is 1.61 bits per heavy atom. The predicted molar refractivity (Wildman–Crippen MR) is 75.1 cm³/mol. The SMILES string of the molecule is [2H]c1c([2H])c(CCC2CCC(CCC)CC2)c([2H])c([2H])c1F. The van der Waals surface area contributed by atoms with Gasteiger partial charge in [-0.3, -0.25) is 0 Å². The van der Waals surface area contributed by atoms with Gasteiger partial charge in [0.15, 0.2) is 0 Å². The van der Waals surface area contributed by atoms with Crippen LogP contribution < -0.4 is 0 Å². The second-order valence-electron chi connectivity index (χ2n) is 5.51. The maximum atomic E-state index is 13.5. The summed E-state index contributed by atoms with van der Waals surface area (Å²) in [4.78, 5) is 0. The summed E-state index contributed by atoms with van der Waals surface area (Å²) in [5, 5.41) is 0. The van der Waals surface area contributed by atoms with Crippen LogP contribution in [0.1, 0.15) is 62.9 Å². The largest absolute Gasteiger partial charge is 0.207 e. The van der Waals surface area contributed by atoms with Gasteiger partial charge in [-0.25, -0.2) is 4.39 Å². The van der Waals surface area contributed by atoms with Crippen LogP contribution in [0.4, 0.5) is 4.39 Å². The Kier molecular flexibility index (Phi) is 3.50. The monoisotopic (exact) mass is 252 g/mol. The lowest BCUT2D eigenvalue weighted by molar-refractivity contribution is 0.252. The maximum absolute atomic E-state index is 13.5. The van der Waals surface area contributed by atoms with E-state index in [-0.39, 0.29) is 12.1 Å². The molecule has 0 aromatic heterocycles. The highest BCUT2D eigenvalue weighted by molar-refractivity contribution is 5.16. The van der Waals surface area contributed by atoms with Crippen molar-refractivity contribution in [1.82, 2.24) is 0 Å². The molecule has 0 amide bonds. The molecule has 0 nitrogen and oxygen atoms in total. The molecule has 0 saturated heterocycles. The molecule has 0 N–H and O–H groups in total. The van der Waals surface area contributed by atoms with Crippen molar-refractivity contribution in [1.29, 1.82) is 0 Å². The molecule has 0 unspecified atom stereocenters. The Morgan fingerprint density at radius 3 is 2.17 bits per heavy atom. The second kappa shape index (κ2) is 6.92. The van der Waals surface area contributed by atoms with E-state index in [1.807, 2.05) is 0 Å². The average Bonchev–Trinajstić information content (AvgIpc) is 2.53. The summed E-state index contributed by atoms with van der Waals surface area (Å²) < 4.78 is 44.3. The second-order valence-corrected chi connectivity index (χ2v) is 5.51. The highest BCUT2D eigenvalue weighted by Gasteiger charge is 2.20. The van der Waals surface area contributed by atoms with Crippen LogP contribution in [0.5, 0.6) is 0 Å². The summed E-state index contributed by atoms with van der Waals surface area (Å²) in [5.74, 6) is 0.407. The Balaban J connectivity index is 1.98. The number of halogens is 1. The fourth-order valence-electron chi connectivity index (χ4n) is 3.01. The number of hydrogen-bond donors (Lipinski definition) is 0. The quantitative estimate of drug-likeness (QED) is 0.661. The molecule has 0 spiro atoms. The first-order valence-corrected chi connectivity index (χ1v) is 7.20. The zero-order valence-corrected chi connectivity index (χ0v) is 11.2. The van der Waals surface area contributed by atoms with Gasteiger partial charge in [0, 0.05) is 0 Å². The molecule has 1 aromatic rings. The Bertz CT molecular complexity index is 493. The van der Waals surface area contributed by atoms with E-state index in [9.17, 15) is 4.39 Å². The van der Waals surface area contributed by atoms with Crippen LogP contribution in [-0.2, 0) is 6.42 Å². The predicted octanol–water partition coefficient (Wildman–Crippen LogP) is 5.36. The minimum Gasteiger partial charge on any atom is -0.207 e. The molecule has 1 fully saturated rings. The molecule has 100 valence electrons. The molecule has 1 saturated carbocycles. The molecule has 0 heterocycles. The number of hydrogen-bond acceptors (Lipinski definition) is 0. The summed E-state index contributed by atoms with van der Waals surface area (Å²) in [7, 11) is 0. The lowest BCUT2D eigenvalue weighted by atomic mass is 9.78. The molecule has 1 aliphatic rings. The van der Waals surface area contributed by atoms with E-state index in [0.717, 1.165) is 12.3 Å². The van der Waals surface area contributed by atoms with Gasteiger partial charge in [0.05, 0.1) is 5.48 Å². The third-order valence-electron chi connectivity index (χ3n) is 4.11. The van der Waals surface area contributed by atoms with Crippen molar-refractivity contribution < 1.29 is 9.87 Å². The van der Waals surface area contributed by atoms with Crippen LogP contribution in [-0.4, -0.2) is 0 Å². The van der Waals surface area contributed by atoms with Gasteiger partial charge >= 0.3 is 0 Å². The molecule has 0 radical (unpaired) electrons. The van der Waals surface area contributed by atoms with E-state index in [4.69, 9.17) is 5.48 Å². The lowest BCUT2D eigenvalue weighted by Gasteiger charge is -2.28. The van der Waals surface area contributed by atoms with E-state index in [1.54, 1.807) is 0 Å². The van der Waals surface area contributed by atoms with Crippen molar-refractivity contribution in [2.24, 2.45) is 11.8 Å². The normalized spacial score (nSPS) is 27.2. The highest BCUT2D eigenvalue weighted by atomic mass is 19.1. The topological polar surface area (TPSA) is 0 Å². The Morgan fingerprint density at radius 1 is 1.06 bits per heavy atom. The van der Waals surface area contributed by atoms with Crippen molar-refractivity contribution in [3.8, 4) is 0 Å². The van der Waals surface area contributed by atoms with Crippen molar-refractivity contribution in [3.63, 3.8) is 0 Å². The van der Waals surface area contributed by atoms with Crippen LogP contribution >= 0.6 is 0 Å². The molecule has 2 rings (SSSR count). The standard InChI is InChI=1S/C17H25F/c1-2-3-14-4-6-15(7-5-14)8-9-16-10-12-17(18)13-11-16/h10-15H,2-9H2,1H3/i10D,11D,12D,13D. The lowest BCUT2D eigenvalue weighted by Crippen LogP contribution is -2.15. The summed E-state index contributed by atoms with van der Waals surface area (Å²) >= 11 is 0. The van der Waals surface area contributed by atoms with E-state index in [0.29, 0.717) is 17.9 Å². The van der Waals surface area contributed by atoms with Crippen LogP contribution in [0.25, 0.3) is 0 Å². The molecular formula is C17H25F. The van der Waals surface area contributed by atoms with Crippen molar-refractivity contribution in [3.05, 3.63) is 35.6 Å². The van der Waals surface area contributed by atoms with Gasteiger partial charge in [-0.05, 0) is 42.3 Å². The zero-order chi connectivity index (χ0) is 16.3. The van der Waals surface area contributed by atoms with Gasteiger partial charge in [0.1, 0.15) is 5.82 Å². The first-order chi connectivity index (χ1) is 10.5. The summed E-state index contributed by atoms with van der Waals surface area (Å²) in [5.41, 5.74) is 0.368. The molecule has 0 atom stereocenters. The minimum atomic E-state index is -1.04. The number of rotatable bonds is 5. The number of benzene rings is 1. The fraction of sp³-hybridized carbons (Fsp3) is 0.647. The van der Waals surface area contributed by atoms with Gasteiger partial charge in [0.25, 0.3) is 0 Å². The molecule has 0 bridgehead atoms. The molecule has 1 aliphatic carbocycles. The van der Waals surface area contributed by atoms with E-state index >= 15 is 0 Å². The van der Waals surface area contributed by atoms with Crippen LogP contribution in [0.2, 0.25) is 0 Å². The van der Waals surface area contributed by atoms with Gasteiger partial charge in [-0.15, -0.1) is 0 Å². The minimum absolute atomic E-state index is 0.210. The average molecular weight is 252 g/mol. The smallest absolute Gasteiger partial charge is 0.123 e. The van der Waals surface area contributed by atoms with Gasteiger partial charge in [-0.1, -0.05) is 57.5 Å². The molecule has 18 heavy (non-hydrogen) atoms. The van der Waals surface area contributed by atoms with Gasteiger partial charge in [-0.2, -0.15) is 0 Å². The van der Waals surface area contributed by atoms with Crippen molar-refractivity contribution >= 4 is 0 Å². The molecule has 0 aliphatic heterocycles. The first-order valence-electron chi connectivity index (χ1n) is 9.20. The highest BCUT2D eigenvalue weighted by Crippen LogP contribution is 2.33. The van der Waals surface area contributed by atoms with Crippen molar-refractivity contribution in [2.75, 3.05) is 0 Å². The van der Waals surface area contributed by atoms with Crippen LogP contribution in [0.15, 0.2) is 24.2 Å². The van der Waals surface area contributed by atoms with Crippen LogP contribution in [0, 0.1) is 17.7 Å². The summed E-state index contributed by atoms with van der Waals surface area (Å²) in [6.07, 6.45) is 8.84. The fourth-order valence-corrected chi connectivity index (χ4v) is 3.01. The van der Waals surface area contributed by atoms with E-state index in [2.05, 4.69) is 6.92 Å². The third kappa shape index (κ3) is 4.12. The van der Waals surface area contributed by atoms with Gasteiger partial charge < -0.3 is 0 Å². The molecular weight excluding hydrogens is 223 g/mol.